The minimum absolute atomic E-state index is 0.169. The summed E-state index contributed by atoms with van der Waals surface area (Å²) in [4.78, 5) is 12.6. The van der Waals surface area contributed by atoms with E-state index in [9.17, 15) is 21.6 Å². The molecule has 0 saturated carbocycles. The quantitative estimate of drug-likeness (QED) is 0.612. The Bertz CT molecular complexity index is 1140. The maximum atomic E-state index is 12.4. The van der Waals surface area contributed by atoms with Crippen LogP contribution in [0, 0.1) is 13.8 Å². The molecule has 2 aromatic rings. The first-order valence-corrected chi connectivity index (χ1v) is 13.7. The van der Waals surface area contributed by atoms with E-state index in [1.807, 2.05) is 39.0 Å². The zero-order chi connectivity index (χ0) is 23.4. The highest BCUT2D eigenvalue weighted by Crippen LogP contribution is 2.24. The van der Waals surface area contributed by atoms with E-state index in [4.69, 9.17) is 0 Å². The molecule has 1 unspecified atom stereocenters. The topological polar surface area (TPSA) is 101 Å². The Morgan fingerprint density at radius 1 is 1.00 bits per heavy atom. The highest BCUT2D eigenvalue weighted by atomic mass is 32.2. The molecule has 1 amide bonds. The van der Waals surface area contributed by atoms with Crippen molar-refractivity contribution in [1.82, 2.24) is 5.32 Å². The third-order valence-electron chi connectivity index (χ3n) is 4.98. The van der Waals surface area contributed by atoms with E-state index in [1.165, 1.54) is 16.4 Å². The third-order valence-corrected chi connectivity index (χ3v) is 7.29. The first kappa shape index (κ1) is 24.9. The van der Waals surface area contributed by atoms with Crippen molar-refractivity contribution in [2.45, 2.75) is 44.6 Å². The summed E-state index contributed by atoms with van der Waals surface area (Å²) in [6.07, 6.45) is 2.84. The zero-order valence-electron chi connectivity index (χ0n) is 18.5. The molecule has 170 valence electrons. The SMILES string of the molecule is Cc1ccc(C)c(N(CCCC(=O)NC(C)c2ccc(S(C)(=O)=O)cc2)S(C)(=O)=O)c1. The minimum atomic E-state index is -3.48. The number of amides is 1. The number of sulfonamides is 1. The number of carbonyl (C=O) groups is 1. The lowest BCUT2D eigenvalue weighted by molar-refractivity contribution is -0.121. The molecular formula is C22H30N2O5S2. The Balaban J connectivity index is 1.98. The van der Waals surface area contributed by atoms with Crippen LogP contribution in [0.1, 0.15) is 42.5 Å². The summed E-state index contributed by atoms with van der Waals surface area (Å²) < 4.78 is 49.1. The molecule has 0 saturated heterocycles. The lowest BCUT2D eigenvalue weighted by atomic mass is 10.1. The molecule has 9 heteroatoms. The Morgan fingerprint density at radius 3 is 2.16 bits per heavy atom. The van der Waals surface area contributed by atoms with E-state index < -0.39 is 19.9 Å². The Labute approximate surface area is 185 Å². The van der Waals surface area contributed by atoms with Gasteiger partial charge in [-0.05, 0) is 62.1 Å². The number of hydrogen-bond donors (Lipinski definition) is 1. The average Bonchev–Trinajstić information content (AvgIpc) is 2.66. The van der Waals surface area contributed by atoms with E-state index in [0.717, 1.165) is 29.2 Å². The minimum Gasteiger partial charge on any atom is -0.350 e. The number of sulfone groups is 1. The standard InChI is InChI=1S/C22H30N2O5S2/c1-16-8-9-17(2)21(15-16)24(31(5,28)29)14-6-7-22(25)23-18(3)19-10-12-20(13-11-19)30(4,26)27/h8-13,15,18H,6-7,14H2,1-5H3,(H,23,25). The molecule has 0 aliphatic rings. The van der Waals surface area contributed by atoms with Crippen molar-refractivity contribution in [2.75, 3.05) is 23.4 Å². The first-order chi connectivity index (χ1) is 14.3. The molecule has 0 aliphatic carbocycles. The van der Waals surface area contributed by atoms with Crippen molar-refractivity contribution >= 4 is 31.5 Å². The second kappa shape index (κ2) is 9.82. The number of benzene rings is 2. The highest BCUT2D eigenvalue weighted by Gasteiger charge is 2.20. The van der Waals surface area contributed by atoms with Crippen molar-refractivity contribution in [3.8, 4) is 0 Å². The van der Waals surface area contributed by atoms with E-state index in [-0.39, 0.29) is 29.8 Å². The van der Waals surface area contributed by atoms with Gasteiger partial charge in [0, 0.05) is 19.2 Å². The highest BCUT2D eigenvalue weighted by molar-refractivity contribution is 7.92. The fourth-order valence-electron chi connectivity index (χ4n) is 3.24. The molecule has 2 rings (SSSR count). The molecule has 1 atom stereocenters. The summed E-state index contributed by atoms with van der Waals surface area (Å²) in [6.45, 7) is 5.78. The van der Waals surface area contributed by atoms with Gasteiger partial charge in [-0.1, -0.05) is 24.3 Å². The molecule has 0 aliphatic heterocycles. The number of rotatable bonds is 9. The lowest BCUT2D eigenvalue weighted by Gasteiger charge is -2.24. The predicted molar refractivity (Wildman–Crippen MR) is 123 cm³/mol. The van der Waals surface area contributed by atoms with Crippen LogP contribution in [-0.2, 0) is 24.7 Å². The van der Waals surface area contributed by atoms with Gasteiger partial charge in [0.25, 0.3) is 0 Å². The predicted octanol–water partition coefficient (Wildman–Crippen LogP) is 3.13. The second-order valence-electron chi connectivity index (χ2n) is 7.86. The molecule has 0 bridgehead atoms. The number of nitrogens with zero attached hydrogens (tertiary/aromatic N) is 1. The van der Waals surface area contributed by atoms with Crippen LogP contribution in [-0.4, -0.2) is 41.8 Å². The van der Waals surface area contributed by atoms with Crippen LogP contribution in [0.2, 0.25) is 0 Å². The lowest BCUT2D eigenvalue weighted by Crippen LogP contribution is -2.33. The largest absolute Gasteiger partial charge is 0.350 e. The van der Waals surface area contributed by atoms with Crippen LogP contribution in [0.4, 0.5) is 5.69 Å². The van der Waals surface area contributed by atoms with Gasteiger partial charge in [0.2, 0.25) is 15.9 Å². The van der Waals surface area contributed by atoms with Crippen LogP contribution < -0.4 is 9.62 Å². The first-order valence-electron chi connectivity index (χ1n) is 9.93. The summed E-state index contributed by atoms with van der Waals surface area (Å²) >= 11 is 0. The summed E-state index contributed by atoms with van der Waals surface area (Å²) in [5.74, 6) is -0.200. The van der Waals surface area contributed by atoms with Crippen molar-refractivity contribution < 1.29 is 21.6 Å². The van der Waals surface area contributed by atoms with E-state index >= 15 is 0 Å². The normalized spacial score (nSPS) is 12.9. The number of hydrogen-bond acceptors (Lipinski definition) is 5. The third kappa shape index (κ3) is 7.07. The van der Waals surface area contributed by atoms with Gasteiger partial charge in [-0.25, -0.2) is 16.8 Å². The average molecular weight is 467 g/mol. The van der Waals surface area contributed by atoms with Crippen molar-refractivity contribution in [1.29, 1.82) is 0 Å². The van der Waals surface area contributed by atoms with Crippen LogP contribution in [0.3, 0.4) is 0 Å². The van der Waals surface area contributed by atoms with E-state index in [1.54, 1.807) is 12.1 Å². The van der Waals surface area contributed by atoms with E-state index in [0.29, 0.717) is 12.1 Å². The maximum Gasteiger partial charge on any atom is 0.232 e. The number of nitrogens with one attached hydrogen (secondary N) is 1. The van der Waals surface area contributed by atoms with Gasteiger partial charge in [-0.15, -0.1) is 0 Å². The molecular weight excluding hydrogens is 436 g/mol. The molecule has 2 aromatic carbocycles. The van der Waals surface area contributed by atoms with Gasteiger partial charge in [-0.3, -0.25) is 9.10 Å². The molecule has 1 N–H and O–H groups in total. The molecule has 0 aromatic heterocycles. The Morgan fingerprint density at radius 2 is 1.61 bits per heavy atom. The zero-order valence-corrected chi connectivity index (χ0v) is 20.2. The fraction of sp³-hybridized carbons (Fsp3) is 0.409. The molecule has 0 spiro atoms. The molecule has 31 heavy (non-hydrogen) atoms. The summed E-state index contributed by atoms with van der Waals surface area (Å²) in [7, 11) is -6.76. The summed E-state index contributed by atoms with van der Waals surface area (Å²) in [6, 6.07) is 11.7. The van der Waals surface area contributed by atoms with Gasteiger partial charge < -0.3 is 5.32 Å². The van der Waals surface area contributed by atoms with Crippen LogP contribution >= 0.6 is 0 Å². The summed E-state index contributed by atoms with van der Waals surface area (Å²) in [5, 5.41) is 2.87. The number of anilines is 1. The van der Waals surface area contributed by atoms with Gasteiger partial charge in [0.05, 0.1) is 22.9 Å². The number of carbonyl (C=O) groups excluding carboxylic acids is 1. The van der Waals surface area contributed by atoms with Gasteiger partial charge in [-0.2, -0.15) is 0 Å². The summed E-state index contributed by atoms with van der Waals surface area (Å²) in [5.41, 5.74) is 3.23. The fourth-order valence-corrected chi connectivity index (χ4v) is 4.88. The maximum absolute atomic E-state index is 12.4. The molecule has 0 heterocycles. The van der Waals surface area contributed by atoms with Crippen molar-refractivity contribution in [2.24, 2.45) is 0 Å². The van der Waals surface area contributed by atoms with Crippen LogP contribution in [0.5, 0.6) is 0 Å². The molecule has 7 nitrogen and oxygen atoms in total. The smallest absolute Gasteiger partial charge is 0.232 e. The molecule has 0 radical (unpaired) electrons. The molecule has 0 fully saturated rings. The monoisotopic (exact) mass is 466 g/mol. The Hall–Kier alpha value is -2.39. The number of aryl methyl sites for hydroxylation is 2. The van der Waals surface area contributed by atoms with Crippen molar-refractivity contribution in [3.63, 3.8) is 0 Å². The van der Waals surface area contributed by atoms with Gasteiger partial charge >= 0.3 is 0 Å². The van der Waals surface area contributed by atoms with Crippen LogP contribution in [0.25, 0.3) is 0 Å². The van der Waals surface area contributed by atoms with E-state index in [2.05, 4.69) is 5.32 Å². The Kier molecular flexibility index (Phi) is 7.88. The second-order valence-corrected chi connectivity index (χ2v) is 11.8. The van der Waals surface area contributed by atoms with Gasteiger partial charge in [0.15, 0.2) is 9.84 Å². The van der Waals surface area contributed by atoms with Crippen LogP contribution in [0.15, 0.2) is 47.4 Å². The van der Waals surface area contributed by atoms with Crippen molar-refractivity contribution in [3.05, 3.63) is 59.2 Å². The van der Waals surface area contributed by atoms with Gasteiger partial charge in [0.1, 0.15) is 0 Å².